The van der Waals surface area contributed by atoms with Crippen molar-refractivity contribution in [2.24, 2.45) is 0 Å². The van der Waals surface area contributed by atoms with Gasteiger partial charge in [0, 0.05) is 16.5 Å². The molecule has 20 heavy (non-hydrogen) atoms. The zero-order valence-corrected chi connectivity index (χ0v) is 11.2. The molecule has 0 aliphatic rings. The monoisotopic (exact) mass is 282 g/mol. The summed E-state index contributed by atoms with van der Waals surface area (Å²) in [5, 5.41) is 15.0. The Hall–Kier alpha value is -2.65. The van der Waals surface area contributed by atoms with E-state index in [2.05, 4.69) is 21.4 Å². The minimum atomic E-state index is -0.0891. The molecule has 1 aromatic carbocycles. The molecule has 6 heteroatoms. The van der Waals surface area contributed by atoms with Gasteiger partial charge in [-0.15, -0.1) is 0 Å². The predicted octanol–water partition coefficient (Wildman–Crippen LogP) is 2.47. The quantitative estimate of drug-likeness (QED) is 0.773. The van der Waals surface area contributed by atoms with Crippen molar-refractivity contribution in [2.75, 3.05) is 5.32 Å². The van der Waals surface area contributed by atoms with Gasteiger partial charge in [0.15, 0.2) is 0 Å². The Kier molecular flexibility index (Phi) is 3.19. The van der Waals surface area contributed by atoms with E-state index in [0.29, 0.717) is 17.9 Å². The second kappa shape index (κ2) is 5.15. The molecule has 0 spiro atoms. The van der Waals surface area contributed by atoms with E-state index >= 15 is 0 Å². The molecule has 2 N–H and O–H groups in total. The molecule has 0 bridgehead atoms. The van der Waals surface area contributed by atoms with Gasteiger partial charge in [-0.1, -0.05) is 29.5 Å². The van der Waals surface area contributed by atoms with Crippen molar-refractivity contribution in [3.63, 3.8) is 0 Å². The van der Waals surface area contributed by atoms with E-state index in [-0.39, 0.29) is 4.87 Å². The van der Waals surface area contributed by atoms with E-state index in [1.807, 2.05) is 24.3 Å². The molecular weight excluding hydrogens is 272 g/mol. The number of rotatable bonds is 3. The number of aromatic nitrogens is 2. The smallest absolute Gasteiger partial charge is 0.304 e. The first-order valence-corrected chi connectivity index (χ1v) is 6.84. The van der Waals surface area contributed by atoms with Crippen molar-refractivity contribution in [2.45, 2.75) is 6.54 Å². The van der Waals surface area contributed by atoms with Gasteiger partial charge in [0.25, 0.3) is 0 Å². The van der Waals surface area contributed by atoms with Gasteiger partial charge in [0.1, 0.15) is 11.9 Å². The van der Waals surface area contributed by atoms with Crippen LogP contribution in [0, 0.1) is 11.3 Å². The summed E-state index contributed by atoms with van der Waals surface area (Å²) in [5.41, 5.74) is 2.09. The number of aromatic amines is 1. The average molecular weight is 282 g/mol. The van der Waals surface area contributed by atoms with Crippen molar-refractivity contribution in [1.82, 2.24) is 9.97 Å². The molecule has 2 aromatic heterocycles. The summed E-state index contributed by atoms with van der Waals surface area (Å²) >= 11 is 1.12. The van der Waals surface area contributed by atoms with E-state index in [9.17, 15) is 10.1 Å². The molecule has 0 unspecified atom stereocenters. The van der Waals surface area contributed by atoms with Crippen LogP contribution in [0.2, 0.25) is 0 Å². The molecule has 0 amide bonds. The minimum absolute atomic E-state index is 0.0891. The highest BCUT2D eigenvalue weighted by Crippen LogP contribution is 2.20. The van der Waals surface area contributed by atoms with Crippen LogP contribution in [0.25, 0.3) is 10.9 Å². The molecule has 0 aliphatic heterocycles. The Morgan fingerprint density at radius 1 is 1.40 bits per heavy atom. The molecule has 5 nitrogen and oxygen atoms in total. The van der Waals surface area contributed by atoms with Crippen molar-refractivity contribution in [1.29, 1.82) is 5.26 Å². The number of pyridine rings is 1. The van der Waals surface area contributed by atoms with E-state index in [1.54, 1.807) is 11.4 Å². The molecule has 0 radical (unpaired) electrons. The van der Waals surface area contributed by atoms with Gasteiger partial charge in [0.2, 0.25) is 0 Å². The second-order valence-electron chi connectivity index (χ2n) is 4.22. The van der Waals surface area contributed by atoms with Crippen molar-refractivity contribution < 1.29 is 0 Å². The summed E-state index contributed by atoms with van der Waals surface area (Å²) in [6, 6.07) is 11.6. The molecule has 3 rings (SSSR count). The third-order valence-electron chi connectivity index (χ3n) is 2.86. The number of nitrogens with one attached hydrogen (secondary N) is 2. The van der Waals surface area contributed by atoms with Gasteiger partial charge in [-0.25, -0.2) is 4.98 Å². The highest BCUT2D eigenvalue weighted by Gasteiger charge is 2.06. The summed E-state index contributed by atoms with van der Waals surface area (Å²) in [5.74, 6) is 0.526. The maximum atomic E-state index is 11.1. The lowest BCUT2D eigenvalue weighted by atomic mass is 10.1. The first-order valence-electron chi connectivity index (χ1n) is 5.97. The number of anilines is 1. The molecule has 2 heterocycles. The highest BCUT2D eigenvalue weighted by molar-refractivity contribution is 7.07. The molecule has 0 aliphatic carbocycles. The summed E-state index contributed by atoms with van der Waals surface area (Å²) in [4.78, 5) is 18.1. The SMILES string of the molecule is N#Cc1cc2ccccc2nc1NCc1csc(=O)[nH]1. The second-order valence-corrected chi connectivity index (χ2v) is 5.06. The Morgan fingerprint density at radius 2 is 2.25 bits per heavy atom. The molecule has 0 saturated carbocycles. The maximum absolute atomic E-state index is 11.1. The van der Waals surface area contributed by atoms with Gasteiger partial charge >= 0.3 is 4.87 Å². The fourth-order valence-corrected chi connectivity index (χ4v) is 2.50. The number of hydrogen-bond donors (Lipinski definition) is 2. The van der Waals surface area contributed by atoms with Gasteiger partial charge < -0.3 is 10.3 Å². The standard InChI is InChI=1S/C14H10N4OS/c15-6-10-5-9-3-1-2-4-12(9)18-13(10)16-7-11-8-20-14(19)17-11/h1-5,8H,7H2,(H,16,18)(H,17,19). The van der Waals surface area contributed by atoms with Gasteiger partial charge in [-0.05, 0) is 12.1 Å². The number of benzene rings is 1. The zero-order valence-electron chi connectivity index (χ0n) is 10.4. The van der Waals surface area contributed by atoms with Crippen molar-refractivity contribution in [3.8, 4) is 6.07 Å². The van der Waals surface area contributed by atoms with Crippen LogP contribution in [-0.4, -0.2) is 9.97 Å². The molecule has 0 atom stereocenters. The number of fused-ring (bicyclic) bond motifs is 1. The Labute approximate surface area is 118 Å². The van der Waals surface area contributed by atoms with Crippen LogP contribution in [0.15, 0.2) is 40.5 Å². The first-order chi connectivity index (χ1) is 9.76. The molecular formula is C14H10N4OS. The van der Waals surface area contributed by atoms with Gasteiger partial charge in [-0.2, -0.15) is 5.26 Å². The summed E-state index contributed by atoms with van der Waals surface area (Å²) in [7, 11) is 0. The Balaban J connectivity index is 1.93. The molecule has 98 valence electrons. The van der Waals surface area contributed by atoms with Gasteiger partial charge in [-0.3, -0.25) is 4.79 Å². The highest BCUT2D eigenvalue weighted by atomic mass is 32.1. The fraction of sp³-hybridized carbons (Fsp3) is 0.0714. The summed E-state index contributed by atoms with van der Waals surface area (Å²) < 4.78 is 0. The topological polar surface area (TPSA) is 81.6 Å². The first kappa shape index (κ1) is 12.4. The van der Waals surface area contributed by atoms with E-state index < -0.39 is 0 Å². The van der Waals surface area contributed by atoms with Crippen LogP contribution >= 0.6 is 11.3 Å². The van der Waals surface area contributed by atoms with Crippen LogP contribution in [0.5, 0.6) is 0 Å². The number of nitriles is 1. The summed E-state index contributed by atoms with van der Waals surface area (Å²) in [6.07, 6.45) is 0. The van der Waals surface area contributed by atoms with E-state index in [1.165, 1.54) is 0 Å². The Morgan fingerprint density at radius 3 is 3.00 bits per heavy atom. The van der Waals surface area contributed by atoms with Crippen LogP contribution in [0.4, 0.5) is 5.82 Å². The number of hydrogen-bond acceptors (Lipinski definition) is 5. The lowest BCUT2D eigenvalue weighted by Gasteiger charge is -2.07. The fourth-order valence-electron chi connectivity index (χ4n) is 1.92. The summed E-state index contributed by atoms with van der Waals surface area (Å²) in [6.45, 7) is 0.429. The average Bonchev–Trinajstić information content (AvgIpc) is 2.89. The van der Waals surface area contributed by atoms with Crippen LogP contribution in [-0.2, 0) is 6.54 Å². The number of nitrogens with zero attached hydrogens (tertiary/aromatic N) is 2. The predicted molar refractivity (Wildman–Crippen MR) is 78.7 cm³/mol. The largest absolute Gasteiger partial charge is 0.363 e. The third kappa shape index (κ3) is 2.39. The third-order valence-corrected chi connectivity index (χ3v) is 3.58. The van der Waals surface area contributed by atoms with Crippen molar-refractivity contribution >= 4 is 28.1 Å². The van der Waals surface area contributed by atoms with Crippen molar-refractivity contribution in [3.05, 3.63) is 56.6 Å². The lowest BCUT2D eigenvalue weighted by Crippen LogP contribution is -2.05. The number of H-pyrrole nitrogens is 1. The molecule has 3 aromatic rings. The van der Waals surface area contributed by atoms with Crippen LogP contribution in [0.3, 0.4) is 0 Å². The van der Waals surface area contributed by atoms with Gasteiger partial charge in [0.05, 0.1) is 17.6 Å². The Bertz CT molecular complexity index is 859. The normalized spacial score (nSPS) is 10.3. The van der Waals surface area contributed by atoms with Crippen LogP contribution in [0.1, 0.15) is 11.3 Å². The zero-order chi connectivity index (χ0) is 13.9. The van der Waals surface area contributed by atoms with Crippen LogP contribution < -0.4 is 10.2 Å². The lowest BCUT2D eigenvalue weighted by molar-refractivity contribution is 1.04. The minimum Gasteiger partial charge on any atom is -0.363 e. The number of para-hydroxylation sites is 1. The number of thiazole rings is 1. The maximum Gasteiger partial charge on any atom is 0.304 e. The molecule has 0 fully saturated rings. The van der Waals surface area contributed by atoms with E-state index in [4.69, 9.17) is 0 Å². The molecule has 0 saturated heterocycles. The van der Waals surface area contributed by atoms with E-state index in [0.717, 1.165) is 27.9 Å².